The van der Waals surface area contributed by atoms with Gasteiger partial charge in [0.15, 0.2) is 0 Å². The lowest BCUT2D eigenvalue weighted by Gasteiger charge is -2.06. The maximum Gasteiger partial charge on any atom is 0.208 e. The fraction of sp³-hybridized carbons (Fsp3) is 0.188. The van der Waals surface area contributed by atoms with E-state index >= 15 is 0 Å². The molecule has 3 aromatic rings. The summed E-state index contributed by atoms with van der Waals surface area (Å²) in [5, 5.41) is 5.20. The van der Waals surface area contributed by atoms with Gasteiger partial charge in [-0.1, -0.05) is 12.1 Å². The van der Waals surface area contributed by atoms with Gasteiger partial charge in [0.1, 0.15) is 11.6 Å². The van der Waals surface area contributed by atoms with Crippen LogP contribution in [0.4, 0.5) is 4.39 Å². The molecule has 1 aromatic carbocycles. The van der Waals surface area contributed by atoms with Crippen molar-refractivity contribution in [2.24, 2.45) is 0 Å². The lowest BCUT2D eigenvalue weighted by molar-refractivity contribution is 0.449. The fourth-order valence-electron chi connectivity index (χ4n) is 2.10. The lowest BCUT2D eigenvalue weighted by Crippen LogP contribution is -2.13. The summed E-state index contributed by atoms with van der Waals surface area (Å²) in [5.41, 5.74) is 1.68. The number of nitrogens with zero attached hydrogens (tertiary/aromatic N) is 1. The van der Waals surface area contributed by atoms with Gasteiger partial charge in [0.05, 0.1) is 12.7 Å². The number of hydrogen-bond acceptors (Lipinski definition) is 4. The molecule has 3 rings (SSSR count). The van der Waals surface area contributed by atoms with Crippen molar-refractivity contribution in [1.82, 2.24) is 10.3 Å². The Morgan fingerprint density at radius 2 is 2.19 bits per heavy atom. The minimum absolute atomic E-state index is 0.190. The van der Waals surface area contributed by atoms with Crippen LogP contribution in [0.1, 0.15) is 17.2 Å². The maximum absolute atomic E-state index is 13.9. The second kappa shape index (κ2) is 6.20. The highest BCUT2D eigenvalue weighted by Gasteiger charge is 2.07. The van der Waals surface area contributed by atoms with Crippen LogP contribution in [0.2, 0.25) is 0 Å². The quantitative estimate of drug-likeness (QED) is 0.769. The van der Waals surface area contributed by atoms with Crippen LogP contribution in [0.5, 0.6) is 0 Å². The molecular weight excluding hydrogens is 287 g/mol. The van der Waals surface area contributed by atoms with Crippen molar-refractivity contribution in [3.8, 4) is 10.4 Å². The average Bonchev–Trinajstić information content (AvgIpc) is 3.12. The molecule has 0 aliphatic rings. The molecule has 2 aromatic heterocycles. The van der Waals surface area contributed by atoms with Crippen molar-refractivity contribution in [2.45, 2.75) is 20.0 Å². The smallest absolute Gasteiger partial charge is 0.208 e. The predicted molar refractivity (Wildman–Crippen MR) is 81.5 cm³/mol. The Morgan fingerprint density at radius 3 is 2.90 bits per heavy atom. The van der Waals surface area contributed by atoms with Gasteiger partial charge in [-0.15, -0.1) is 11.3 Å². The Hall–Kier alpha value is -1.98. The molecule has 21 heavy (non-hydrogen) atoms. The zero-order valence-corrected chi connectivity index (χ0v) is 12.4. The molecule has 0 aliphatic carbocycles. The molecule has 0 radical (unpaired) electrons. The van der Waals surface area contributed by atoms with E-state index in [1.165, 1.54) is 17.4 Å². The van der Waals surface area contributed by atoms with Crippen LogP contribution in [0.25, 0.3) is 10.4 Å². The van der Waals surface area contributed by atoms with Crippen LogP contribution < -0.4 is 5.32 Å². The van der Waals surface area contributed by atoms with Gasteiger partial charge in [0, 0.05) is 17.0 Å². The van der Waals surface area contributed by atoms with E-state index in [-0.39, 0.29) is 5.82 Å². The summed E-state index contributed by atoms with van der Waals surface area (Å²) >= 11 is 1.54. The Bertz CT molecular complexity index is 722. The molecule has 0 amide bonds. The van der Waals surface area contributed by atoms with Gasteiger partial charge >= 0.3 is 0 Å². The summed E-state index contributed by atoms with van der Waals surface area (Å²) in [7, 11) is 0. The van der Waals surface area contributed by atoms with E-state index in [1.807, 2.05) is 30.5 Å². The highest BCUT2D eigenvalue weighted by molar-refractivity contribution is 7.13. The number of rotatable bonds is 5. The average molecular weight is 302 g/mol. The Balaban J connectivity index is 1.67. The second-order valence-electron chi connectivity index (χ2n) is 4.76. The van der Waals surface area contributed by atoms with Gasteiger partial charge in [-0.05, 0) is 36.1 Å². The van der Waals surface area contributed by atoms with Crippen molar-refractivity contribution < 1.29 is 8.81 Å². The van der Waals surface area contributed by atoms with E-state index in [9.17, 15) is 4.39 Å². The third kappa shape index (κ3) is 3.37. The minimum atomic E-state index is -0.190. The number of aromatic nitrogens is 1. The van der Waals surface area contributed by atoms with Crippen molar-refractivity contribution >= 4 is 11.3 Å². The fourth-order valence-corrected chi connectivity index (χ4v) is 2.84. The SMILES string of the molecule is Cc1cnc(CNCc2ccc(F)c(-c3cccs3)c2)o1. The van der Waals surface area contributed by atoms with Crippen molar-refractivity contribution in [2.75, 3.05) is 0 Å². The topological polar surface area (TPSA) is 38.1 Å². The van der Waals surface area contributed by atoms with E-state index in [0.717, 1.165) is 16.2 Å². The first-order chi connectivity index (χ1) is 10.2. The van der Waals surface area contributed by atoms with Gasteiger partial charge in [0.25, 0.3) is 0 Å². The van der Waals surface area contributed by atoms with E-state index in [1.54, 1.807) is 12.3 Å². The zero-order chi connectivity index (χ0) is 14.7. The molecule has 3 nitrogen and oxygen atoms in total. The summed E-state index contributed by atoms with van der Waals surface area (Å²) in [6, 6.07) is 9.04. The third-order valence-corrected chi connectivity index (χ3v) is 4.00. The number of oxazole rings is 1. The van der Waals surface area contributed by atoms with Crippen molar-refractivity contribution in [1.29, 1.82) is 0 Å². The highest BCUT2D eigenvalue weighted by Crippen LogP contribution is 2.28. The summed E-state index contributed by atoms with van der Waals surface area (Å²) < 4.78 is 19.3. The van der Waals surface area contributed by atoms with Gasteiger partial charge in [0.2, 0.25) is 5.89 Å². The first-order valence-corrected chi connectivity index (χ1v) is 7.54. The first-order valence-electron chi connectivity index (χ1n) is 6.67. The number of thiophene rings is 1. The van der Waals surface area contributed by atoms with Gasteiger partial charge < -0.3 is 9.73 Å². The van der Waals surface area contributed by atoms with Gasteiger partial charge in [-0.3, -0.25) is 0 Å². The standard InChI is InChI=1S/C16H15FN2OS/c1-11-8-19-16(20-11)10-18-9-12-4-5-14(17)13(7-12)15-3-2-6-21-15/h2-8,18H,9-10H2,1H3. The summed E-state index contributed by atoms with van der Waals surface area (Å²) in [4.78, 5) is 5.07. The molecule has 1 N–H and O–H groups in total. The number of hydrogen-bond donors (Lipinski definition) is 1. The Morgan fingerprint density at radius 1 is 1.29 bits per heavy atom. The minimum Gasteiger partial charge on any atom is -0.445 e. The summed E-state index contributed by atoms with van der Waals surface area (Å²) in [6.07, 6.45) is 1.70. The molecular formula is C16H15FN2OS. The zero-order valence-electron chi connectivity index (χ0n) is 11.6. The molecule has 0 fully saturated rings. The van der Waals surface area contributed by atoms with Crippen LogP contribution in [0.3, 0.4) is 0 Å². The molecule has 5 heteroatoms. The van der Waals surface area contributed by atoms with Crippen molar-refractivity contribution in [3.63, 3.8) is 0 Å². The molecule has 0 bridgehead atoms. The summed E-state index contributed by atoms with van der Waals surface area (Å²) in [6.45, 7) is 3.06. The van der Waals surface area contributed by atoms with Crippen molar-refractivity contribution in [3.05, 3.63) is 64.9 Å². The Kier molecular flexibility index (Phi) is 4.13. The second-order valence-corrected chi connectivity index (χ2v) is 5.71. The highest BCUT2D eigenvalue weighted by atomic mass is 32.1. The first kappa shape index (κ1) is 14.0. The Labute approximate surface area is 126 Å². The van der Waals surface area contributed by atoms with Crippen LogP contribution in [-0.4, -0.2) is 4.98 Å². The third-order valence-electron chi connectivity index (χ3n) is 3.09. The van der Waals surface area contributed by atoms with Gasteiger partial charge in [-0.2, -0.15) is 0 Å². The predicted octanol–water partition coefficient (Wildman–Crippen LogP) is 4.14. The van der Waals surface area contributed by atoms with E-state index in [4.69, 9.17) is 4.42 Å². The molecule has 0 unspecified atom stereocenters. The number of halogens is 1. The molecule has 0 aliphatic heterocycles. The molecule has 2 heterocycles. The molecule has 0 spiro atoms. The number of aryl methyl sites for hydroxylation is 1. The molecule has 0 saturated carbocycles. The molecule has 108 valence electrons. The number of nitrogens with one attached hydrogen (secondary N) is 1. The van der Waals surface area contributed by atoms with E-state index in [2.05, 4.69) is 10.3 Å². The van der Waals surface area contributed by atoms with Crippen LogP contribution in [0.15, 0.2) is 46.3 Å². The lowest BCUT2D eigenvalue weighted by atomic mass is 10.1. The van der Waals surface area contributed by atoms with E-state index < -0.39 is 0 Å². The normalized spacial score (nSPS) is 11.0. The molecule has 0 saturated heterocycles. The largest absolute Gasteiger partial charge is 0.445 e. The van der Waals surface area contributed by atoms with Crippen LogP contribution in [0, 0.1) is 12.7 Å². The summed E-state index contributed by atoms with van der Waals surface area (Å²) in [5.74, 6) is 1.27. The van der Waals surface area contributed by atoms with Gasteiger partial charge in [-0.25, -0.2) is 9.37 Å². The van der Waals surface area contributed by atoms with Crippen LogP contribution >= 0.6 is 11.3 Å². The maximum atomic E-state index is 13.9. The van der Waals surface area contributed by atoms with E-state index in [0.29, 0.717) is 24.5 Å². The molecule has 0 atom stereocenters. The monoisotopic (exact) mass is 302 g/mol. The number of benzene rings is 1. The van der Waals surface area contributed by atoms with Crippen LogP contribution in [-0.2, 0) is 13.1 Å².